The van der Waals surface area contributed by atoms with Gasteiger partial charge in [-0.15, -0.1) is 11.6 Å². The summed E-state index contributed by atoms with van der Waals surface area (Å²) in [5.74, 6) is -0.930. The predicted molar refractivity (Wildman–Crippen MR) is 52.1 cm³/mol. The van der Waals surface area contributed by atoms with E-state index in [1.54, 1.807) is 0 Å². The van der Waals surface area contributed by atoms with Crippen LogP contribution >= 0.6 is 11.6 Å². The van der Waals surface area contributed by atoms with E-state index in [2.05, 4.69) is 0 Å². The van der Waals surface area contributed by atoms with Crippen LogP contribution < -0.4 is 4.74 Å². The molecule has 0 aliphatic rings. The molecule has 0 bridgehead atoms. The highest BCUT2D eigenvalue weighted by atomic mass is 35.5. The Hall–Kier alpha value is -0.970. The van der Waals surface area contributed by atoms with Crippen molar-refractivity contribution >= 4 is 11.6 Å². The quantitative estimate of drug-likeness (QED) is 0.586. The number of rotatable bonds is 4. The molecule has 0 heterocycles. The van der Waals surface area contributed by atoms with Crippen LogP contribution in [0, 0.1) is 5.82 Å². The van der Waals surface area contributed by atoms with Crippen LogP contribution in [0.3, 0.4) is 0 Å². The Kier molecular flexibility index (Phi) is 4.41. The van der Waals surface area contributed by atoms with Gasteiger partial charge in [-0.2, -0.15) is 13.2 Å². The molecule has 0 aliphatic heterocycles. The highest BCUT2D eigenvalue weighted by Gasteiger charge is 2.27. The first-order chi connectivity index (χ1) is 7.44. The Morgan fingerprint density at radius 3 is 2.50 bits per heavy atom. The van der Waals surface area contributed by atoms with Gasteiger partial charge in [0.15, 0.2) is 11.6 Å². The van der Waals surface area contributed by atoms with Crippen molar-refractivity contribution in [2.24, 2.45) is 0 Å². The lowest BCUT2D eigenvalue weighted by atomic mass is 10.2. The van der Waals surface area contributed by atoms with Crippen LogP contribution in [0.5, 0.6) is 5.75 Å². The number of para-hydroxylation sites is 1. The average molecular weight is 257 g/mol. The van der Waals surface area contributed by atoms with Gasteiger partial charge in [-0.25, -0.2) is 4.39 Å². The second-order valence-electron chi connectivity index (χ2n) is 3.08. The Balaban J connectivity index is 2.66. The lowest BCUT2D eigenvalue weighted by Crippen LogP contribution is -2.14. The van der Waals surface area contributed by atoms with Crippen molar-refractivity contribution in [2.75, 3.05) is 6.61 Å². The normalized spacial score (nSPS) is 11.6. The van der Waals surface area contributed by atoms with Crippen molar-refractivity contribution < 1.29 is 22.3 Å². The molecule has 0 saturated carbocycles. The van der Waals surface area contributed by atoms with E-state index < -0.39 is 25.0 Å². The molecule has 1 aromatic carbocycles. The molecule has 0 fully saturated rings. The van der Waals surface area contributed by atoms with Crippen molar-refractivity contribution in [2.45, 2.75) is 18.5 Å². The Labute approximate surface area is 95.0 Å². The maximum atomic E-state index is 13.2. The third-order valence-electron chi connectivity index (χ3n) is 1.82. The summed E-state index contributed by atoms with van der Waals surface area (Å²) in [7, 11) is 0. The molecule has 0 atom stereocenters. The van der Waals surface area contributed by atoms with E-state index in [0.717, 1.165) is 6.07 Å². The summed E-state index contributed by atoms with van der Waals surface area (Å²) in [5, 5.41) is 0. The summed E-state index contributed by atoms with van der Waals surface area (Å²) in [6.45, 7) is -0.617. The number of benzene rings is 1. The highest BCUT2D eigenvalue weighted by Crippen LogP contribution is 2.26. The summed E-state index contributed by atoms with van der Waals surface area (Å²) >= 11 is 5.50. The second kappa shape index (κ2) is 5.39. The molecule has 0 amide bonds. The topological polar surface area (TPSA) is 9.23 Å². The zero-order chi connectivity index (χ0) is 12.2. The minimum atomic E-state index is -4.31. The lowest BCUT2D eigenvalue weighted by Gasteiger charge is -2.11. The molecule has 0 N–H and O–H groups in total. The van der Waals surface area contributed by atoms with Crippen LogP contribution in [0.4, 0.5) is 17.6 Å². The van der Waals surface area contributed by atoms with Crippen LogP contribution in [0.2, 0.25) is 0 Å². The highest BCUT2D eigenvalue weighted by molar-refractivity contribution is 6.17. The Morgan fingerprint density at radius 2 is 1.94 bits per heavy atom. The first kappa shape index (κ1) is 13.1. The molecule has 0 unspecified atom stereocenters. The van der Waals surface area contributed by atoms with Crippen molar-refractivity contribution in [1.82, 2.24) is 0 Å². The van der Waals surface area contributed by atoms with Gasteiger partial charge in [-0.1, -0.05) is 12.1 Å². The minimum Gasteiger partial charge on any atom is -0.490 e. The summed E-state index contributed by atoms with van der Waals surface area (Å²) in [5.41, 5.74) is 0.337. The van der Waals surface area contributed by atoms with Gasteiger partial charge in [0.1, 0.15) is 0 Å². The van der Waals surface area contributed by atoms with Gasteiger partial charge in [0.25, 0.3) is 0 Å². The molecule has 1 rings (SSSR count). The monoisotopic (exact) mass is 256 g/mol. The molecule has 0 saturated heterocycles. The van der Waals surface area contributed by atoms with Crippen molar-refractivity contribution in [3.63, 3.8) is 0 Å². The lowest BCUT2D eigenvalue weighted by molar-refractivity contribution is -0.139. The maximum Gasteiger partial charge on any atom is 0.392 e. The van der Waals surface area contributed by atoms with Crippen molar-refractivity contribution in [3.8, 4) is 5.75 Å². The van der Waals surface area contributed by atoms with Crippen LogP contribution in [0.1, 0.15) is 12.0 Å². The summed E-state index contributed by atoms with van der Waals surface area (Å²) in [6.07, 6.45) is -5.44. The summed E-state index contributed by atoms with van der Waals surface area (Å²) < 4.78 is 53.5. The largest absolute Gasteiger partial charge is 0.490 e. The molecule has 0 aromatic heterocycles. The number of ether oxygens (including phenoxy) is 1. The van der Waals surface area contributed by atoms with Crippen LogP contribution in [0.15, 0.2) is 18.2 Å². The molecule has 0 aliphatic carbocycles. The molecule has 90 valence electrons. The third kappa shape index (κ3) is 3.89. The van der Waals surface area contributed by atoms with Gasteiger partial charge in [0.05, 0.1) is 18.9 Å². The molecular formula is C10H9ClF4O. The third-order valence-corrected chi connectivity index (χ3v) is 2.11. The maximum absolute atomic E-state index is 13.2. The fourth-order valence-corrected chi connectivity index (χ4v) is 1.30. The van der Waals surface area contributed by atoms with Gasteiger partial charge in [0, 0.05) is 5.56 Å². The molecule has 1 aromatic rings. The van der Waals surface area contributed by atoms with E-state index in [9.17, 15) is 17.6 Å². The van der Waals surface area contributed by atoms with E-state index >= 15 is 0 Å². The standard InChI is InChI=1S/C10H9ClF4O/c11-6-7-2-1-3-8(12)9(7)16-5-4-10(13,14)15/h1-3H,4-6H2. The van der Waals surface area contributed by atoms with Crippen LogP contribution in [0.25, 0.3) is 0 Å². The van der Waals surface area contributed by atoms with Gasteiger partial charge in [-0.3, -0.25) is 0 Å². The van der Waals surface area contributed by atoms with Crippen LogP contribution in [-0.4, -0.2) is 12.8 Å². The second-order valence-corrected chi connectivity index (χ2v) is 3.34. The smallest absolute Gasteiger partial charge is 0.392 e. The minimum absolute atomic E-state index is 0.0148. The molecular weight excluding hydrogens is 248 g/mol. The Bertz CT molecular complexity index is 351. The molecule has 0 spiro atoms. The van der Waals surface area contributed by atoms with E-state index in [4.69, 9.17) is 16.3 Å². The fourth-order valence-electron chi connectivity index (χ4n) is 1.09. The summed E-state index contributed by atoms with van der Waals surface area (Å²) in [6, 6.07) is 4.03. The first-order valence-corrected chi connectivity index (χ1v) is 5.00. The predicted octanol–water partition coefficient (Wildman–Crippen LogP) is 3.90. The van der Waals surface area contributed by atoms with E-state index in [1.165, 1.54) is 12.1 Å². The summed E-state index contributed by atoms with van der Waals surface area (Å²) in [4.78, 5) is 0. The number of hydrogen-bond donors (Lipinski definition) is 0. The van der Waals surface area contributed by atoms with Crippen molar-refractivity contribution in [3.05, 3.63) is 29.6 Å². The zero-order valence-electron chi connectivity index (χ0n) is 8.15. The molecule has 1 nitrogen and oxygen atoms in total. The molecule has 16 heavy (non-hydrogen) atoms. The number of halogens is 5. The zero-order valence-corrected chi connectivity index (χ0v) is 8.91. The van der Waals surface area contributed by atoms with Crippen LogP contribution in [-0.2, 0) is 5.88 Å². The fraction of sp³-hybridized carbons (Fsp3) is 0.400. The Morgan fingerprint density at radius 1 is 1.25 bits per heavy atom. The SMILES string of the molecule is Fc1cccc(CCl)c1OCCC(F)(F)F. The van der Waals surface area contributed by atoms with Gasteiger partial charge in [0.2, 0.25) is 0 Å². The first-order valence-electron chi connectivity index (χ1n) is 4.47. The van der Waals surface area contributed by atoms with Crippen molar-refractivity contribution in [1.29, 1.82) is 0 Å². The van der Waals surface area contributed by atoms with Gasteiger partial charge >= 0.3 is 6.18 Å². The molecule has 0 radical (unpaired) electrons. The number of hydrogen-bond acceptors (Lipinski definition) is 1. The van der Waals surface area contributed by atoms with Gasteiger partial charge < -0.3 is 4.74 Å². The van der Waals surface area contributed by atoms with E-state index in [1.807, 2.05) is 0 Å². The number of alkyl halides is 4. The molecule has 6 heteroatoms. The van der Waals surface area contributed by atoms with E-state index in [0.29, 0.717) is 5.56 Å². The van der Waals surface area contributed by atoms with Gasteiger partial charge in [-0.05, 0) is 6.07 Å². The van der Waals surface area contributed by atoms with E-state index in [-0.39, 0.29) is 11.6 Å². The average Bonchev–Trinajstić information content (AvgIpc) is 2.18.